The molecule has 5 heteroatoms. The smallest absolute Gasteiger partial charge is 0.191 e. The molecule has 2 N–H and O–H groups in total. The minimum atomic E-state index is -0.0619. The van der Waals surface area contributed by atoms with Crippen molar-refractivity contribution < 1.29 is 4.74 Å². The van der Waals surface area contributed by atoms with E-state index in [-0.39, 0.29) is 5.60 Å². The number of guanidine groups is 1. The van der Waals surface area contributed by atoms with E-state index in [1.807, 2.05) is 0 Å². The predicted molar refractivity (Wildman–Crippen MR) is 92.4 cm³/mol. The van der Waals surface area contributed by atoms with Gasteiger partial charge in [-0.3, -0.25) is 4.99 Å². The van der Waals surface area contributed by atoms with Crippen LogP contribution in [0.2, 0.25) is 0 Å². The van der Waals surface area contributed by atoms with Crippen LogP contribution in [0.1, 0.15) is 46.5 Å². The van der Waals surface area contributed by atoms with E-state index in [9.17, 15) is 0 Å². The number of hydrogen-bond donors (Lipinski definition) is 2. The van der Waals surface area contributed by atoms with Gasteiger partial charge in [-0.1, -0.05) is 6.92 Å². The van der Waals surface area contributed by atoms with Crippen LogP contribution in [-0.4, -0.2) is 62.3 Å². The molecular formula is C17H34N4O. The van der Waals surface area contributed by atoms with E-state index in [2.05, 4.69) is 36.3 Å². The second-order valence-corrected chi connectivity index (χ2v) is 6.93. The lowest BCUT2D eigenvalue weighted by atomic mass is 10.0. The molecule has 0 saturated carbocycles. The van der Waals surface area contributed by atoms with Crippen LogP contribution in [0.5, 0.6) is 0 Å². The number of aliphatic imine (C=N–C) groups is 1. The van der Waals surface area contributed by atoms with Crippen LogP contribution in [0.4, 0.5) is 0 Å². The van der Waals surface area contributed by atoms with Gasteiger partial charge in [0.25, 0.3) is 0 Å². The Morgan fingerprint density at radius 2 is 2.23 bits per heavy atom. The predicted octanol–water partition coefficient (Wildman–Crippen LogP) is 1.84. The molecule has 2 heterocycles. The molecule has 2 aliphatic rings. The van der Waals surface area contributed by atoms with Gasteiger partial charge in [0.1, 0.15) is 0 Å². The zero-order valence-electron chi connectivity index (χ0n) is 14.7. The van der Waals surface area contributed by atoms with Crippen molar-refractivity contribution in [2.75, 3.05) is 45.9 Å². The van der Waals surface area contributed by atoms with E-state index in [0.717, 1.165) is 51.0 Å². The number of rotatable bonds is 7. The minimum Gasteiger partial charge on any atom is -0.373 e. The van der Waals surface area contributed by atoms with Gasteiger partial charge in [0.15, 0.2) is 5.96 Å². The molecule has 2 atom stereocenters. The molecule has 0 spiro atoms. The highest BCUT2D eigenvalue weighted by Crippen LogP contribution is 2.25. The Morgan fingerprint density at radius 1 is 1.36 bits per heavy atom. The SMILES string of the molecule is CCCN1CCC(CNC(=NCC2(C)CCCO2)NCC)C1. The lowest BCUT2D eigenvalue weighted by molar-refractivity contribution is 0.0283. The van der Waals surface area contributed by atoms with Crippen molar-refractivity contribution in [3.05, 3.63) is 0 Å². The highest BCUT2D eigenvalue weighted by atomic mass is 16.5. The molecule has 0 radical (unpaired) electrons. The third kappa shape index (κ3) is 5.43. The second-order valence-electron chi connectivity index (χ2n) is 6.93. The molecule has 0 bridgehead atoms. The highest BCUT2D eigenvalue weighted by molar-refractivity contribution is 5.79. The zero-order valence-corrected chi connectivity index (χ0v) is 14.7. The molecule has 0 aromatic carbocycles. The monoisotopic (exact) mass is 310 g/mol. The van der Waals surface area contributed by atoms with Crippen LogP contribution in [0.25, 0.3) is 0 Å². The van der Waals surface area contributed by atoms with Gasteiger partial charge in [-0.2, -0.15) is 0 Å². The van der Waals surface area contributed by atoms with Crippen molar-refractivity contribution in [1.82, 2.24) is 15.5 Å². The van der Waals surface area contributed by atoms with Gasteiger partial charge < -0.3 is 20.3 Å². The molecule has 2 fully saturated rings. The maximum absolute atomic E-state index is 5.82. The summed E-state index contributed by atoms with van der Waals surface area (Å²) < 4.78 is 5.82. The summed E-state index contributed by atoms with van der Waals surface area (Å²) in [6.45, 7) is 13.8. The Labute approximate surface area is 135 Å². The molecule has 2 rings (SSSR count). The maximum Gasteiger partial charge on any atom is 0.191 e. The summed E-state index contributed by atoms with van der Waals surface area (Å²) in [5.41, 5.74) is -0.0619. The summed E-state index contributed by atoms with van der Waals surface area (Å²) in [6, 6.07) is 0. The Morgan fingerprint density at radius 3 is 2.91 bits per heavy atom. The van der Waals surface area contributed by atoms with Crippen LogP contribution in [0.15, 0.2) is 4.99 Å². The Balaban J connectivity index is 1.76. The summed E-state index contributed by atoms with van der Waals surface area (Å²) in [4.78, 5) is 7.31. The largest absolute Gasteiger partial charge is 0.373 e. The first-order valence-electron chi connectivity index (χ1n) is 9.03. The number of ether oxygens (including phenoxy) is 1. The molecule has 0 amide bonds. The van der Waals surface area contributed by atoms with E-state index in [1.54, 1.807) is 0 Å². The van der Waals surface area contributed by atoms with Gasteiger partial charge in [-0.15, -0.1) is 0 Å². The lowest BCUT2D eigenvalue weighted by Gasteiger charge is -2.22. The second kappa shape index (κ2) is 8.73. The summed E-state index contributed by atoms with van der Waals surface area (Å²) in [5.74, 6) is 1.68. The van der Waals surface area contributed by atoms with E-state index < -0.39 is 0 Å². The molecule has 2 unspecified atom stereocenters. The van der Waals surface area contributed by atoms with Gasteiger partial charge >= 0.3 is 0 Å². The average Bonchev–Trinajstić information content (AvgIpc) is 3.12. The third-order valence-electron chi connectivity index (χ3n) is 4.68. The number of nitrogens with zero attached hydrogens (tertiary/aromatic N) is 2. The van der Waals surface area contributed by atoms with Crippen LogP contribution in [-0.2, 0) is 4.74 Å². The Bertz CT molecular complexity index is 353. The molecule has 2 aliphatic heterocycles. The fraction of sp³-hybridized carbons (Fsp3) is 0.941. The fourth-order valence-electron chi connectivity index (χ4n) is 3.39. The normalized spacial score (nSPS) is 30.0. The van der Waals surface area contributed by atoms with Crippen molar-refractivity contribution in [1.29, 1.82) is 0 Å². The number of nitrogens with one attached hydrogen (secondary N) is 2. The van der Waals surface area contributed by atoms with Crippen molar-refractivity contribution >= 4 is 5.96 Å². The first-order valence-corrected chi connectivity index (χ1v) is 9.03. The Kier molecular flexibility index (Phi) is 6.96. The first-order chi connectivity index (χ1) is 10.6. The summed E-state index contributed by atoms with van der Waals surface area (Å²) >= 11 is 0. The summed E-state index contributed by atoms with van der Waals surface area (Å²) in [5, 5.41) is 6.88. The van der Waals surface area contributed by atoms with Crippen LogP contribution >= 0.6 is 0 Å². The van der Waals surface area contributed by atoms with E-state index in [0.29, 0.717) is 0 Å². The minimum absolute atomic E-state index is 0.0619. The van der Waals surface area contributed by atoms with Crippen molar-refractivity contribution in [2.45, 2.75) is 52.1 Å². The molecule has 22 heavy (non-hydrogen) atoms. The summed E-state index contributed by atoms with van der Waals surface area (Å²) in [6.07, 6.45) is 4.83. The van der Waals surface area contributed by atoms with Crippen molar-refractivity contribution in [2.24, 2.45) is 10.9 Å². The van der Waals surface area contributed by atoms with Crippen LogP contribution in [0, 0.1) is 5.92 Å². The number of likely N-dealkylation sites (tertiary alicyclic amines) is 1. The molecular weight excluding hydrogens is 276 g/mol. The third-order valence-corrected chi connectivity index (χ3v) is 4.68. The molecule has 2 saturated heterocycles. The molecule has 0 aromatic rings. The van der Waals surface area contributed by atoms with E-state index in [4.69, 9.17) is 9.73 Å². The van der Waals surface area contributed by atoms with E-state index in [1.165, 1.54) is 32.5 Å². The van der Waals surface area contributed by atoms with Gasteiger partial charge in [0.05, 0.1) is 12.1 Å². The topological polar surface area (TPSA) is 48.9 Å². The van der Waals surface area contributed by atoms with Crippen LogP contribution < -0.4 is 10.6 Å². The molecule has 0 aliphatic carbocycles. The van der Waals surface area contributed by atoms with Crippen LogP contribution in [0.3, 0.4) is 0 Å². The zero-order chi connectivity index (χ0) is 15.8. The maximum atomic E-state index is 5.82. The van der Waals surface area contributed by atoms with Gasteiger partial charge in [-0.25, -0.2) is 0 Å². The van der Waals surface area contributed by atoms with Crippen molar-refractivity contribution in [3.8, 4) is 0 Å². The Hall–Kier alpha value is -0.810. The fourth-order valence-corrected chi connectivity index (χ4v) is 3.39. The van der Waals surface area contributed by atoms with Crippen molar-refractivity contribution in [3.63, 3.8) is 0 Å². The lowest BCUT2D eigenvalue weighted by Crippen LogP contribution is -2.41. The number of hydrogen-bond acceptors (Lipinski definition) is 3. The quantitative estimate of drug-likeness (QED) is 0.556. The summed E-state index contributed by atoms with van der Waals surface area (Å²) in [7, 11) is 0. The standard InChI is InChI=1S/C17H34N4O/c1-4-9-21-10-7-15(13-21)12-19-16(18-5-2)20-14-17(3)8-6-11-22-17/h15H,4-14H2,1-3H3,(H2,18,19,20). The van der Waals surface area contributed by atoms with Gasteiger partial charge in [0, 0.05) is 26.2 Å². The highest BCUT2D eigenvalue weighted by Gasteiger charge is 2.29. The van der Waals surface area contributed by atoms with Gasteiger partial charge in [0.2, 0.25) is 0 Å². The molecule has 0 aromatic heterocycles. The van der Waals surface area contributed by atoms with E-state index >= 15 is 0 Å². The first kappa shape index (κ1) is 17.5. The van der Waals surface area contributed by atoms with Gasteiger partial charge in [-0.05, 0) is 58.5 Å². The molecule has 128 valence electrons. The average molecular weight is 310 g/mol. The molecule has 5 nitrogen and oxygen atoms in total.